The van der Waals surface area contributed by atoms with Crippen LogP contribution in [0.1, 0.15) is 6.92 Å². The molecule has 6 nitrogen and oxygen atoms in total. The summed E-state index contributed by atoms with van der Waals surface area (Å²) in [6, 6.07) is 20.1. The van der Waals surface area contributed by atoms with Crippen molar-refractivity contribution in [2.24, 2.45) is 5.14 Å². The van der Waals surface area contributed by atoms with Crippen molar-refractivity contribution >= 4 is 21.0 Å². The molecule has 0 unspecified atom stereocenters. The molecule has 0 amide bonds. The van der Waals surface area contributed by atoms with Crippen LogP contribution in [0.4, 0.5) is 0 Å². The number of nitrogens with two attached hydrogens (primary N) is 1. The van der Waals surface area contributed by atoms with Gasteiger partial charge in [-0.25, -0.2) is 13.6 Å². The van der Waals surface area contributed by atoms with E-state index in [-0.39, 0.29) is 10.3 Å². The van der Waals surface area contributed by atoms with Gasteiger partial charge in [-0.3, -0.25) is 4.79 Å². The standard InChI is InChI=1S/C23H19NO5S/c1-2-28-17-11-7-15(8-12-17)21-22(25)19-5-3-4-6-20(19)29-23(21)16-9-13-18(14-10-16)30(24,26)27/h3-14H,2H2,1H3,(H2,24,26,27). The monoisotopic (exact) mass is 421 g/mol. The number of fused-ring (bicyclic) bond motifs is 1. The molecule has 0 atom stereocenters. The zero-order valence-corrected chi connectivity index (χ0v) is 17.0. The first-order valence-electron chi connectivity index (χ1n) is 9.31. The SMILES string of the molecule is CCOc1ccc(-c2c(-c3ccc(S(N)(=O)=O)cc3)oc3ccccc3c2=O)cc1. The predicted molar refractivity (Wildman–Crippen MR) is 116 cm³/mol. The van der Waals surface area contributed by atoms with E-state index in [4.69, 9.17) is 14.3 Å². The average Bonchev–Trinajstić information content (AvgIpc) is 2.74. The summed E-state index contributed by atoms with van der Waals surface area (Å²) in [5.41, 5.74) is 1.90. The fourth-order valence-corrected chi connectivity index (χ4v) is 3.80. The lowest BCUT2D eigenvalue weighted by molar-refractivity contribution is 0.340. The normalized spacial score (nSPS) is 11.5. The molecular weight excluding hydrogens is 402 g/mol. The Morgan fingerprint density at radius 2 is 1.53 bits per heavy atom. The molecule has 3 aromatic carbocycles. The highest BCUT2D eigenvalue weighted by Gasteiger charge is 2.18. The Morgan fingerprint density at radius 1 is 0.900 bits per heavy atom. The van der Waals surface area contributed by atoms with E-state index in [0.29, 0.717) is 45.8 Å². The summed E-state index contributed by atoms with van der Waals surface area (Å²) >= 11 is 0. The molecule has 4 rings (SSSR count). The van der Waals surface area contributed by atoms with Gasteiger partial charge in [0.1, 0.15) is 17.1 Å². The van der Waals surface area contributed by atoms with Crippen LogP contribution in [-0.2, 0) is 10.0 Å². The van der Waals surface area contributed by atoms with E-state index < -0.39 is 10.0 Å². The Labute approximate surface area is 173 Å². The first-order chi connectivity index (χ1) is 14.4. The highest BCUT2D eigenvalue weighted by atomic mass is 32.2. The molecule has 1 heterocycles. The van der Waals surface area contributed by atoms with Gasteiger partial charge >= 0.3 is 0 Å². The van der Waals surface area contributed by atoms with Crippen molar-refractivity contribution in [2.75, 3.05) is 6.61 Å². The number of para-hydroxylation sites is 1. The number of hydrogen-bond acceptors (Lipinski definition) is 5. The number of rotatable bonds is 5. The Morgan fingerprint density at radius 3 is 2.17 bits per heavy atom. The smallest absolute Gasteiger partial charge is 0.238 e. The van der Waals surface area contributed by atoms with Crippen LogP contribution in [0.2, 0.25) is 0 Å². The van der Waals surface area contributed by atoms with Gasteiger partial charge in [0.15, 0.2) is 0 Å². The fraction of sp³-hybridized carbons (Fsp3) is 0.0870. The van der Waals surface area contributed by atoms with Crippen molar-refractivity contribution in [3.05, 3.63) is 83.0 Å². The van der Waals surface area contributed by atoms with Crippen molar-refractivity contribution in [3.63, 3.8) is 0 Å². The van der Waals surface area contributed by atoms with Gasteiger partial charge in [-0.05, 0) is 61.0 Å². The van der Waals surface area contributed by atoms with E-state index in [1.807, 2.05) is 6.92 Å². The van der Waals surface area contributed by atoms with Crippen molar-refractivity contribution < 1.29 is 17.6 Å². The van der Waals surface area contributed by atoms with Crippen LogP contribution in [-0.4, -0.2) is 15.0 Å². The van der Waals surface area contributed by atoms with Gasteiger partial charge in [0.05, 0.1) is 22.5 Å². The zero-order valence-electron chi connectivity index (χ0n) is 16.2. The second-order valence-electron chi connectivity index (χ2n) is 6.66. The van der Waals surface area contributed by atoms with E-state index in [9.17, 15) is 13.2 Å². The number of primary sulfonamides is 1. The Hall–Kier alpha value is -3.42. The highest BCUT2D eigenvalue weighted by Crippen LogP contribution is 2.33. The lowest BCUT2D eigenvalue weighted by atomic mass is 9.98. The van der Waals surface area contributed by atoms with Crippen molar-refractivity contribution in [2.45, 2.75) is 11.8 Å². The van der Waals surface area contributed by atoms with Gasteiger partial charge in [0.2, 0.25) is 15.5 Å². The third-order valence-corrected chi connectivity index (χ3v) is 5.63. The molecule has 30 heavy (non-hydrogen) atoms. The maximum absolute atomic E-state index is 13.4. The summed E-state index contributed by atoms with van der Waals surface area (Å²) in [4.78, 5) is 13.3. The van der Waals surface area contributed by atoms with Gasteiger partial charge < -0.3 is 9.15 Å². The van der Waals surface area contributed by atoms with Gasteiger partial charge in [-0.1, -0.05) is 24.3 Å². The Kier molecular flexibility index (Phi) is 5.15. The summed E-state index contributed by atoms with van der Waals surface area (Å²) in [5.74, 6) is 1.05. The number of hydrogen-bond donors (Lipinski definition) is 1. The molecule has 4 aromatic rings. The maximum atomic E-state index is 13.4. The summed E-state index contributed by atoms with van der Waals surface area (Å²) in [5, 5.41) is 5.65. The molecule has 1 aromatic heterocycles. The molecule has 0 bridgehead atoms. The molecule has 0 aliphatic rings. The molecule has 2 N–H and O–H groups in total. The second kappa shape index (κ2) is 7.78. The first kappa shape index (κ1) is 19.9. The molecule has 0 saturated heterocycles. The quantitative estimate of drug-likeness (QED) is 0.521. The van der Waals surface area contributed by atoms with Crippen LogP contribution in [0.5, 0.6) is 5.75 Å². The third kappa shape index (κ3) is 3.72. The molecule has 0 radical (unpaired) electrons. The first-order valence-corrected chi connectivity index (χ1v) is 10.9. The number of benzene rings is 3. The molecule has 0 saturated carbocycles. The van der Waals surface area contributed by atoms with E-state index in [0.717, 1.165) is 0 Å². The van der Waals surface area contributed by atoms with Crippen LogP contribution in [0.15, 0.2) is 86.9 Å². The van der Waals surface area contributed by atoms with Crippen LogP contribution in [0.3, 0.4) is 0 Å². The third-order valence-electron chi connectivity index (χ3n) is 4.70. The van der Waals surface area contributed by atoms with Crippen molar-refractivity contribution in [3.8, 4) is 28.2 Å². The van der Waals surface area contributed by atoms with Crippen molar-refractivity contribution in [1.29, 1.82) is 0 Å². The molecule has 152 valence electrons. The second-order valence-corrected chi connectivity index (χ2v) is 8.22. The Bertz CT molecular complexity index is 1370. The van der Waals surface area contributed by atoms with Gasteiger partial charge in [-0.2, -0.15) is 0 Å². The molecular formula is C23H19NO5S. The number of ether oxygens (including phenoxy) is 1. The van der Waals surface area contributed by atoms with Crippen LogP contribution in [0.25, 0.3) is 33.4 Å². The predicted octanol–water partition coefficient (Wildman–Crippen LogP) is 4.17. The van der Waals surface area contributed by atoms with Crippen LogP contribution >= 0.6 is 0 Å². The van der Waals surface area contributed by atoms with Crippen LogP contribution < -0.4 is 15.3 Å². The summed E-state index contributed by atoms with van der Waals surface area (Å²) in [7, 11) is -3.82. The van der Waals surface area contributed by atoms with E-state index in [1.54, 1.807) is 60.7 Å². The molecule has 7 heteroatoms. The lowest BCUT2D eigenvalue weighted by Gasteiger charge is -2.12. The molecule has 0 fully saturated rings. The average molecular weight is 421 g/mol. The summed E-state index contributed by atoms with van der Waals surface area (Å²) in [6.45, 7) is 2.44. The fourth-order valence-electron chi connectivity index (χ4n) is 3.29. The molecule has 0 spiro atoms. The van der Waals surface area contributed by atoms with Crippen molar-refractivity contribution in [1.82, 2.24) is 0 Å². The van der Waals surface area contributed by atoms with Crippen LogP contribution in [0, 0.1) is 0 Å². The van der Waals surface area contributed by atoms with Gasteiger partial charge in [-0.15, -0.1) is 0 Å². The topological polar surface area (TPSA) is 99.6 Å². The minimum absolute atomic E-state index is 0.0167. The molecule has 0 aliphatic heterocycles. The van der Waals surface area contributed by atoms with E-state index in [1.165, 1.54) is 12.1 Å². The van der Waals surface area contributed by atoms with Gasteiger partial charge in [0, 0.05) is 5.56 Å². The summed E-state index contributed by atoms with van der Waals surface area (Å²) in [6.07, 6.45) is 0. The van der Waals surface area contributed by atoms with E-state index in [2.05, 4.69) is 0 Å². The summed E-state index contributed by atoms with van der Waals surface area (Å²) < 4.78 is 34.7. The molecule has 0 aliphatic carbocycles. The minimum atomic E-state index is -3.82. The van der Waals surface area contributed by atoms with Gasteiger partial charge in [0.25, 0.3) is 0 Å². The largest absolute Gasteiger partial charge is 0.494 e. The number of sulfonamides is 1. The highest BCUT2D eigenvalue weighted by molar-refractivity contribution is 7.89. The maximum Gasteiger partial charge on any atom is 0.238 e. The zero-order chi connectivity index (χ0) is 21.3. The van der Waals surface area contributed by atoms with E-state index >= 15 is 0 Å². The minimum Gasteiger partial charge on any atom is -0.494 e. The Balaban J connectivity index is 1.96. The lowest BCUT2D eigenvalue weighted by Crippen LogP contribution is -2.12.